The molecule has 0 aliphatic rings. The van der Waals surface area contributed by atoms with E-state index in [0.29, 0.717) is 33.4 Å². The van der Waals surface area contributed by atoms with Crippen molar-refractivity contribution in [3.05, 3.63) is 309 Å². The number of hydrogen-bond acceptors (Lipinski definition) is 0. The lowest BCUT2D eigenvalue weighted by molar-refractivity contribution is -0.660. The molecule has 4 nitrogen and oxygen atoms in total. The minimum absolute atomic E-state index is 0.263. The molecule has 0 N–H and O–H groups in total. The van der Waals surface area contributed by atoms with E-state index in [-0.39, 0.29) is 5.56 Å². The molecule has 0 radical (unpaired) electrons. The van der Waals surface area contributed by atoms with Crippen LogP contribution in [0.25, 0.3) is 89.5 Å². The van der Waals surface area contributed by atoms with Crippen LogP contribution in [0.1, 0.15) is 94.3 Å². The molecule has 4 heterocycles. The molecular weight excluding hydrogens is 1090 g/mol. The summed E-state index contributed by atoms with van der Waals surface area (Å²) >= 11 is 0. The normalized spacial score (nSPS) is 13.3. The molecule has 12 aromatic rings. The van der Waals surface area contributed by atoms with E-state index in [9.17, 15) is 0 Å². The van der Waals surface area contributed by atoms with Crippen LogP contribution >= 0.6 is 0 Å². The third-order valence-electron chi connectivity index (χ3n) is 17.0. The molecule has 0 saturated carbocycles. The lowest BCUT2D eigenvalue weighted by Gasteiger charge is -2.12. The fourth-order valence-corrected chi connectivity index (χ4v) is 11.8. The maximum absolute atomic E-state index is 7.97. The lowest BCUT2D eigenvalue weighted by atomic mass is 9.93. The maximum atomic E-state index is 7.97. The summed E-state index contributed by atoms with van der Waals surface area (Å²) in [5.74, 6) is 0. The number of nitrogens with zero attached hydrogens (tertiary/aromatic N) is 4. The molecule has 0 atom stereocenters. The first kappa shape index (κ1) is 50.2. The van der Waals surface area contributed by atoms with Gasteiger partial charge in [0.1, 0.15) is 28.2 Å². The third-order valence-corrected chi connectivity index (χ3v) is 17.0. The Bertz CT molecular complexity index is 5000. The standard InChI is InChI=1S/2C22H24N.2C21H22N/c1-15-13-22(23(5)14-18(15)4)21-12-16(2)20(11-17(21)3)19-9-7-6-8-10-19;1-15-12-22(23(5)14-18(15)4)21-13-20(16(2)11-17(21)3)19-9-7-6-8-10-19;2*1-15-10-11-21(22(4)14-15)20-13-19(16(2)12-17(20)3)18-8-6-5-7-9-18/h2*6-14H,1-5H3;2*5-14H,1-4H3/q4*+1/i;2D3,4D3;1D3,2D3;. The van der Waals surface area contributed by atoms with Gasteiger partial charge in [0.15, 0.2) is 24.8 Å². The molecule has 452 valence electrons. The number of aromatic nitrogens is 4. The van der Waals surface area contributed by atoms with E-state index in [0.717, 1.165) is 44.8 Å². The van der Waals surface area contributed by atoms with Crippen LogP contribution in [0.3, 0.4) is 0 Å². The van der Waals surface area contributed by atoms with Crippen LogP contribution in [0.15, 0.2) is 231 Å². The first-order chi connectivity index (χ1) is 47.9. The second-order valence-corrected chi connectivity index (χ2v) is 24.0. The molecule has 0 unspecified atom stereocenters. The number of pyridine rings is 4. The van der Waals surface area contributed by atoms with Crippen LogP contribution < -0.4 is 18.3 Å². The van der Waals surface area contributed by atoms with Gasteiger partial charge in [-0.2, -0.15) is 0 Å². The van der Waals surface area contributed by atoms with Crippen molar-refractivity contribution in [2.45, 2.75) is 96.6 Å². The summed E-state index contributed by atoms with van der Waals surface area (Å²) in [5.41, 5.74) is 29.4. The molecule has 12 rings (SSSR count). The molecule has 0 saturated heterocycles. The highest BCUT2D eigenvalue weighted by Gasteiger charge is 2.21. The molecule has 0 aliphatic carbocycles. The van der Waals surface area contributed by atoms with Crippen molar-refractivity contribution in [3.8, 4) is 89.5 Å². The molecular formula is C86H92N4+4. The number of aryl methyl sites for hydroxylation is 18. The summed E-state index contributed by atoms with van der Waals surface area (Å²) in [6.07, 6.45) is 7.62. The summed E-state index contributed by atoms with van der Waals surface area (Å²) in [7, 11) is 7.85. The summed E-state index contributed by atoms with van der Waals surface area (Å²) in [6, 6.07) is 68.5. The zero-order valence-corrected chi connectivity index (χ0v) is 54.7. The number of hydrogen-bond donors (Lipinski definition) is 0. The summed E-state index contributed by atoms with van der Waals surface area (Å²) in [6.45, 7) is 12.0. The zero-order valence-electron chi connectivity index (χ0n) is 66.7. The van der Waals surface area contributed by atoms with Gasteiger partial charge in [-0.25, -0.2) is 18.3 Å². The van der Waals surface area contributed by atoms with Gasteiger partial charge in [-0.15, -0.1) is 0 Å². The van der Waals surface area contributed by atoms with Gasteiger partial charge in [0, 0.05) is 85.2 Å². The molecule has 0 fully saturated rings. The molecule has 0 aliphatic heterocycles. The Labute approximate surface area is 555 Å². The van der Waals surface area contributed by atoms with Crippen molar-refractivity contribution in [2.75, 3.05) is 0 Å². The number of benzene rings is 8. The largest absolute Gasteiger partial charge is 0.212 e. The smallest absolute Gasteiger partial charge is 0.201 e. The highest BCUT2D eigenvalue weighted by atomic mass is 14.9. The van der Waals surface area contributed by atoms with E-state index in [1.165, 1.54) is 83.7 Å². The Kier molecular flexibility index (Phi) is 16.0. The van der Waals surface area contributed by atoms with Gasteiger partial charge in [-0.3, -0.25) is 0 Å². The molecule has 0 spiro atoms. The maximum Gasteiger partial charge on any atom is 0.212 e. The predicted molar refractivity (Wildman–Crippen MR) is 380 cm³/mol. The second-order valence-electron chi connectivity index (χ2n) is 24.0. The first-order valence-corrected chi connectivity index (χ1v) is 30.6. The molecule has 90 heavy (non-hydrogen) atoms. The second kappa shape index (κ2) is 28.7. The van der Waals surface area contributed by atoms with Crippen molar-refractivity contribution in [3.63, 3.8) is 0 Å². The molecule has 0 bridgehead atoms. The summed E-state index contributed by atoms with van der Waals surface area (Å²) in [5, 5.41) is 0. The van der Waals surface area contributed by atoms with Crippen molar-refractivity contribution >= 4 is 0 Å². The predicted octanol–water partition coefficient (Wildman–Crippen LogP) is 19.7. The minimum Gasteiger partial charge on any atom is -0.201 e. The number of rotatable bonds is 8. The monoisotopic (exact) mass is 1190 g/mol. The van der Waals surface area contributed by atoms with Crippen LogP contribution in [0.4, 0.5) is 0 Å². The van der Waals surface area contributed by atoms with Crippen LogP contribution in [-0.2, 0) is 28.2 Å². The van der Waals surface area contributed by atoms with Crippen molar-refractivity contribution in [1.29, 1.82) is 0 Å². The SMILES string of the molecule is Cc1cc(-c2cc(C)c(-c3ccccc3)cc2C)[n+](C)cc1C.Cc1ccc(-c2cc(-c3ccccc3)c(C)cc2C)[n+](C)c1.[2H]C([2H])([2H])c1c[n+](C)c(-c2cc(-c3ccccc3)c(C([2H])([2H])[2H])cc2C)cc1C.[2H]C([2H])([2H])c1ccc(-c2cc(-c3ccccc3)c(C([2H])([2H])[2H])cc2C)[n+](C)c1. The summed E-state index contributed by atoms with van der Waals surface area (Å²) in [4.78, 5) is 0. The van der Waals surface area contributed by atoms with Crippen molar-refractivity contribution in [2.24, 2.45) is 28.2 Å². The topological polar surface area (TPSA) is 15.5 Å². The lowest BCUT2D eigenvalue weighted by Crippen LogP contribution is -2.31. The van der Waals surface area contributed by atoms with Gasteiger partial charge >= 0.3 is 0 Å². The van der Waals surface area contributed by atoms with Crippen molar-refractivity contribution in [1.82, 2.24) is 0 Å². The Morgan fingerprint density at radius 2 is 0.500 bits per heavy atom. The highest BCUT2D eigenvalue weighted by molar-refractivity contribution is 5.79. The van der Waals surface area contributed by atoms with Crippen LogP contribution in [0.2, 0.25) is 0 Å². The Morgan fingerprint density at radius 3 is 0.911 bits per heavy atom. The highest BCUT2D eigenvalue weighted by Crippen LogP contribution is 2.36. The summed E-state index contributed by atoms with van der Waals surface area (Å²) < 4.78 is 102. The van der Waals surface area contributed by atoms with Gasteiger partial charge < -0.3 is 0 Å². The van der Waals surface area contributed by atoms with Crippen LogP contribution in [-0.4, -0.2) is 0 Å². The molecule has 8 aromatic carbocycles. The van der Waals surface area contributed by atoms with Crippen LogP contribution in [0.5, 0.6) is 0 Å². The minimum atomic E-state index is -2.24. The zero-order chi connectivity index (χ0) is 74.5. The van der Waals surface area contributed by atoms with Crippen LogP contribution in [0, 0.1) is 96.6 Å². The van der Waals surface area contributed by atoms with E-state index in [1.807, 2.05) is 99.8 Å². The van der Waals surface area contributed by atoms with E-state index in [1.54, 1.807) is 59.8 Å². The quantitative estimate of drug-likeness (QED) is 0.135. The van der Waals surface area contributed by atoms with E-state index in [2.05, 4.69) is 187 Å². The Balaban J connectivity index is 0.000000159. The van der Waals surface area contributed by atoms with E-state index < -0.39 is 27.4 Å². The molecule has 4 heteroatoms. The van der Waals surface area contributed by atoms with Gasteiger partial charge in [0.25, 0.3) is 0 Å². The van der Waals surface area contributed by atoms with E-state index >= 15 is 0 Å². The average Bonchev–Trinajstić information content (AvgIpc) is 0.777. The fraction of sp³-hybridized carbons (Fsp3) is 0.209. The van der Waals surface area contributed by atoms with Gasteiger partial charge in [0.05, 0.1) is 0 Å². The fourth-order valence-electron chi connectivity index (χ4n) is 11.8. The van der Waals surface area contributed by atoms with Gasteiger partial charge in [-0.05, 0) is 233 Å². The Hall–Kier alpha value is -9.64. The average molecular weight is 1190 g/mol. The molecule has 4 aromatic heterocycles. The first-order valence-electron chi connectivity index (χ1n) is 36.6. The third kappa shape index (κ3) is 15.1. The van der Waals surface area contributed by atoms with Gasteiger partial charge in [0.2, 0.25) is 22.8 Å². The Morgan fingerprint density at radius 1 is 0.211 bits per heavy atom. The van der Waals surface area contributed by atoms with Crippen molar-refractivity contribution < 1.29 is 34.7 Å². The van der Waals surface area contributed by atoms with Gasteiger partial charge in [-0.1, -0.05) is 146 Å². The molecule has 0 amide bonds. The van der Waals surface area contributed by atoms with E-state index in [4.69, 9.17) is 16.4 Å².